The monoisotopic (exact) mass is 275 g/mol. The first kappa shape index (κ1) is 14.6. The molecular formula is C16H21NO3. The van der Waals surface area contributed by atoms with Crippen LogP contribution in [0.5, 0.6) is 5.75 Å². The number of amides is 1. The van der Waals surface area contributed by atoms with Gasteiger partial charge in [-0.2, -0.15) is 0 Å². The molecule has 20 heavy (non-hydrogen) atoms. The molecule has 0 aromatic heterocycles. The van der Waals surface area contributed by atoms with Crippen molar-refractivity contribution in [3.05, 3.63) is 35.4 Å². The third-order valence-electron chi connectivity index (χ3n) is 3.66. The van der Waals surface area contributed by atoms with Crippen LogP contribution in [0.25, 0.3) is 6.08 Å². The maximum Gasteiger partial charge on any atom is 0.246 e. The first-order valence-corrected chi connectivity index (χ1v) is 6.90. The number of hydrogen-bond acceptors (Lipinski definition) is 3. The average Bonchev–Trinajstić information content (AvgIpc) is 2.93. The number of likely N-dealkylation sites (tertiary alicyclic amines) is 1. The Bertz CT molecular complexity index is 510. The van der Waals surface area contributed by atoms with Gasteiger partial charge in [0.25, 0.3) is 0 Å². The molecule has 0 bridgehead atoms. The van der Waals surface area contributed by atoms with Crippen LogP contribution in [0.15, 0.2) is 24.3 Å². The Labute approximate surface area is 119 Å². The molecule has 1 saturated heterocycles. The second-order valence-electron chi connectivity index (χ2n) is 5.09. The van der Waals surface area contributed by atoms with Gasteiger partial charge in [-0.05, 0) is 38.0 Å². The van der Waals surface area contributed by atoms with Gasteiger partial charge in [-0.1, -0.05) is 11.6 Å². The number of rotatable bonds is 4. The smallest absolute Gasteiger partial charge is 0.246 e. The van der Waals surface area contributed by atoms with E-state index < -0.39 is 0 Å². The number of aliphatic hydroxyl groups excluding tert-OH is 1. The van der Waals surface area contributed by atoms with Crippen LogP contribution in [0.1, 0.15) is 24.0 Å². The van der Waals surface area contributed by atoms with Crippen LogP contribution in [0, 0.1) is 6.92 Å². The maximum atomic E-state index is 12.2. The number of benzene rings is 1. The maximum absolute atomic E-state index is 12.2. The molecule has 1 atom stereocenters. The summed E-state index contributed by atoms with van der Waals surface area (Å²) in [5.74, 6) is 0.699. The number of aryl methyl sites for hydroxylation is 1. The topological polar surface area (TPSA) is 49.8 Å². The van der Waals surface area contributed by atoms with Crippen LogP contribution in [0.3, 0.4) is 0 Å². The van der Waals surface area contributed by atoms with Crippen molar-refractivity contribution >= 4 is 12.0 Å². The SMILES string of the molecule is COc1ccc(C)cc1/C=C/C(=O)N1CCC[C@@H]1CO. The molecule has 1 aliphatic rings. The zero-order valence-electron chi connectivity index (χ0n) is 12.0. The Morgan fingerprint density at radius 1 is 1.55 bits per heavy atom. The molecule has 4 heteroatoms. The second-order valence-corrected chi connectivity index (χ2v) is 5.09. The number of aliphatic hydroxyl groups is 1. The fraction of sp³-hybridized carbons (Fsp3) is 0.438. The van der Waals surface area contributed by atoms with Crippen LogP contribution in [0.4, 0.5) is 0 Å². The molecular weight excluding hydrogens is 254 g/mol. The highest BCUT2D eigenvalue weighted by Crippen LogP contribution is 2.22. The Morgan fingerprint density at radius 3 is 3.05 bits per heavy atom. The van der Waals surface area contributed by atoms with E-state index in [1.165, 1.54) is 0 Å². The molecule has 1 aromatic carbocycles. The highest BCUT2D eigenvalue weighted by Gasteiger charge is 2.26. The first-order chi connectivity index (χ1) is 9.65. The molecule has 1 amide bonds. The zero-order valence-corrected chi connectivity index (χ0v) is 12.0. The highest BCUT2D eigenvalue weighted by atomic mass is 16.5. The molecule has 0 saturated carbocycles. The van der Waals surface area contributed by atoms with Crippen LogP contribution in [0.2, 0.25) is 0 Å². The Balaban J connectivity index is 2.12. The van der Waals surface area contributed by atoms with Gasteiger partial charge in [0.05, 0.1) is 19.8 Å². The Hall–Kier alpha value is -1.81. The average molecular weight is 275 g/mol. The predicted octanol–water partition coefficient (Wildman–Crippen LogP) is 2.00. The van der Waals surface area contributed by atoms with E-state index in [-0.39, 0.29) is 18.6 Å². The molecule has 4 nitrogen and oxygen atoms in total. The van der Waals surface area contributed by atoms with Crippen LogP contribution < -0.4 is 4.74 Å². The number of hydrogen-bond donors (Lipinski definition) is 1. The molecule has 0 radical (unpaired) electrons. The molecule has 1 heterocycles. The van der Waals surface area contributed by atoms with Crippen molar-refractivity contribution < 1.29 is 14.6 Å². The lowest BCUT2D eigenvalue weighted by molar-refractivity contribution is -0.127. The molecule has 1 N–H and O–H groups in total. The van der Waals surface area contributed by atoms with E-state index in [1.54, 1.807) is 24.2 Å². The summed E-state index contributed by atoms with van der Waals surface area (Å²) in [7, 11) is 1.62. The fourth-order valence-electron chi connectivity index (χ4n) is 2.56. The standard InChI is InChI=1S/C16H21NO3/c1-12-5-7-15(20-2)13(10-12)6-8-16(19)17-9-3-4-14(17)11-18/h5-8,10,14,18H,3-4,9,11H2,1-2H3/b8-6+/t14-/m1/s1. The van der Waals surface area contributed by atoms with Gasteiger partial charge >= 0.3 is 0 Å². The number of methoxy groups -OCH3 is 1. The van der Waals surface area contributed by atoms with E-state index in [0.717, 1.165) is 36.3 Å². The molecule has 2 rings (SSSR count). The predicted molar refractivity (Wildman–Crippen MR) is 78.6 cm³/mol. The third kappa shape index (κ3) is 3.20. The summed E-state index contributed by atoms with van der Waals surface area (Å²) in [5, 5.41) is 9.25. The lowest BCUT2D eigenvalue weighted by Crippen LogP contribution is -2.36. The van der Waals surface area contributed by atoms with Crippen molar-refractivity contribution in [1.29, 1.82) is 0 Å². The van der Waals surface area contributed by atoms with Crippen molar-refractivity contribution in [3.63, 3.8) is 0 Å². The van der Waals surface area contributed by atoms with Crippen LogP contribution in [-0.4, -0.2) is 42.2 Å². The zero-order chi connectivity index (χ0) is 14.5. The summed E-state index contributed by atoms with van der Waals surface area (Å²) in [6.07, 6.45) is 5.18. The minimum absolute atomic E-state index is 0.0351. The molecule has 0 spiro atoms. The molecule has 0 unspecified atom stereocenters. The summed E-state index contributed by atoms with van der Waals surface area (Å²) in [6, 6.07) is 5.81. The lowest BCUT2D eigenvalue weighted by atomic mass is 10.1. The quantitative estimate of drug-likeness (QED) is 0.855. The number of nitrogens with zero attached hydrogens (tertiary/aromatic N) is 1. The van der Waals surface area contributed by atoms with Gasteiger partial charge in [-0.3, -0.25) is 4.79 Å². The first-order valence-electron chi connectivity index (χ1n) is 6.90. The van der Waals surface area contributed by atoms with Gasteiger partial charge in [0.15, 0.2) is 0 Å². The number of carbonyl (C=O) groups excluding carboxylic acids is 1. The lowest BCUT2D eigenvalue weighted by Gasteiger charge is -2.21. The van der Waals surface area contributed by atoms with Crippen molar-refractivity contribution in [2.75, 3.05) is 20.3 Å². The van der Waals surface area contributed by atoms with Crippen molar-refractivity contribution in [2.45, 2.75) is 25.8 Å². The second kappa shape index (κ2) is 6.57. The Kier molecular flexibility index (Phi) is 4.79. The summed E-state index contributed by atoms with van der Waals surface area (Å²) < 4.78 is 5.28. The third-order valence-corrected chi connectivity index (χ3v) is 3.66. The normalized spacial score (nSPS) is 18.8. The van der Waals surface area contributed by atoms with E-state index in [4.69, 9.17) is 4.74 Å². The van der Waals surface area contributed by atoms with Gasteiger partial charge in [-0.25, -0.2) is 0 Å². The number of carbonyl (C=O) groups is 1. The van der Waals surface area contributed by atoms with Gasteiger partial charge in [0.1, 0.15) is 5.75 Å². The van der Waals surface area contributed by atoms with Gasteiger partial charge in [-0.15, -0.1) is 0 Å². The minimum Gasteiger partial charge on any atom is -0.496 e. The summed E-state index contributed by atoms with van der Waals surface area (Å²) in [6.45, 7) is 2.76. The van der Waals surface area contributed by atoms with E-state index in [1.807, 2.05) is 25.1 Å². The van der Waals surface area contributed by atoms with Crippen LogP contribution in [-0.2, 0) is 4.79 Å². The van der Waals surface area contributed by atoms with Gasteiger partial charge < -0.3 is 14.7 Å². The summed E-state index contributed by atoms with van der Waals surface area (Å²) in [4.78, 5) is 13.9. The molecule has 108 valence electrons. The van der Waals surface area contributed by atoms with Crippen molar-refractivity contribution in [2.24, 2.45) is 0 Å². The summed E-state index contributed by atoms with van der Waals surface area (Å²) >= 11 is 0. The number of ether oxygens (including phenoxy) is 1. The molecule has 1 aliphatic heterocycles. The Morgan fingerprint density at radius 2 is 2.35 bits per heavy atom. The van der Waals surface area contributed by atoms with Crippen molar-refractivity contribution in [1.82, 2.24) is 4.90 Å². The van der Waals surface area contributed by atoms with E-state index in [9.17, 15) is 9.90 Å². The van der Waals surface area contributed by atoms with Crippen LogP contribution >= 0.6 is 0 Å². The summed E-state index contributed by atoms with van der Waals surface area (Å²) in [5.41, 5.74) is 2.01. The highest BCUT2D eigenvalue weighted by molar-refractivity contribution is 5.92. The van der Waals surface area contributed by atoms with E-state index in [2.05, 4.69) is 0 Å². The van der Waals surface area contributed by atoms with E-state index in [0.29, 0.717) is 0 Å². The molecule has 1 aromatic rings. The van der Waals surface area contributed by atoms with Crippen molar-refractivity contribution in [3.8, 4) is 5.75 Å². The molecule has 0 aliphatic carbocycles. The fourth-order valence-corrected chi connectivity index (χ4v) is 2.56. The molecule has 1 fully saturated rings. The van der Waals surface area contributed by atoms with Gasteiger partial charge in [0, 0.05) is 18.2 Å². The minimum atomic E-state index is -0.0508. The van der Waals surface area contributed by atoms with Gasteiger partial charge in [0.2, 0.25) is 5.91 Å². The largest absolute Gasteiger partial charge is 0.496 e. The van der Waals surface area contributed by atoms with E-state index >= 15 is 0 Å².